The number of piperazine rings is 1. The molecule has 1 fully saturated rings. The van der Waals surface area contributed by atoms with Crippen LogP contribution in [0.4, 0.5) is 10.1 Å². The molecule has 2 heterocycles. The number of rotatable bonds is 7. The van der Waals surface area contributed by atoms with E-state index in [-0.39, 0.29) is 17.1 Å². The molecule has 0 radical (unpaired) electrons. The van der Waals surface area contributed by atoms with Gasteiger partial charge in [0.1, 0.15) is 5.82 Å². The lowest BCUT2D eigenvalue weighted by Gasteiger charge is -2.31. The van der Waals surface area contributed by atoms with Gasteiger partial charge in [-0.2, -0.15) is 0 Å². The average Bonchev–Trinajstić information content (AvgIpc) is 2.69. The maximum Gasteiger partial charge on any atom is 0.238 e. The second-order valence-electron chi connectivity index (χ2n) is 8.92. The standard InChI is InChI=1S/C24H33FN4O/c1-5-24(3,4)23-21(28-22(30)16-29-11-10-26-17(2)15-29)13-19(14-27-23)12-18-6-8-20(25)9-7-18/h6-9,13-14,17,26H,5,10-12,15-16H2,1-4H3,(H,28,30). The number of pyridine rings is 1. The fourth-order valence-corrected chi connectivity index (χ4v) is 3.79. The molecule has 1 aliphatic rings. The van der Waals surface area contributed by atoms with Gasteiger partial charge in [0.25, 0.3) is 0 Å². The highest BCUT2D eigenvalue weighted by atomic mass is 19.1. The molecule has 3 rings (SSSR count). The van der Waals surface area contributed by atoms with E-state index in [9.17, 15) is 9.18 Å². The lowest BCUT2D eigenvalue weighted by Crippen LogP contribution is -2.51. The molecule has 0 bridgehead atoms. The Kier molecular flexibility index (Phi) is 7.21. The Bertz CT molecular complexity index is 866. The number of hydrogen-bond acceptors (Lipinski definition) is 4. The molecule has 162 valence electrons. The summed E-state index contributed by atoms with van der Waals surface area (Å²) in [4.78, 5) is 19.7. The van der Waals surface area contributed by atoms with Crippen molar-refractivity contribution >= 4 is 11.6 Å². The Morgan fingerprint density at radius 1 is 1.30 bits per heavy atom. The predicted molar refractivity (Wildman–Crippen MR) is 119 cm³/mol. The van der Waals surface area contributed by atoms with Crippen molar-refractivity contribution in [3.8, 4) is 0 Å². The van der Waals surface area contributed by atoms with Crippen LogP contribution in [0.15, 0.2) is 36.5 Å². The summed E-state index contributed by atoms with van der Waals surface area (Å²) in [5, 5.41) is 6.52. The highest BCUT2D eigenvalue weighted by Crippen LogP contribution is 2.32. The van der Waals surface area contributed by atoms with Gasteiger partial charge in [0.2, 0.25) is 5.91 Å². The van der Waals surface area contributed by atoms with Crippen LogP contribution in [0, 0.1) is 5.82 Å². The number of carbonyl (C=O) groups is 1. The molecular formula is C24H33FN4O. The molecule has 5 nitrogen and oxygen atoms in total. The third-order valence-electron chi connectivity index (χ3n) is 5.88. The van der Waals surface area contributed by atoms with E-state index in [4.69, 9.17) is 4.98 Å². The first-order valence-corrected chi connectivity index (χ1v) is 10.8. The number of amides is 1. The fraction of sp³-hybridized carbons (Fsp3) is 0.500. The third kappa shape index (κ3) is 5.86. The van der Waals surface area contributed by atoms with Gasteiger partial charge in [-0.1, -0.05) is 32.9 Å². The number of carbonyl (C=O) groups excluding carboxylic acids is 1. The largest absolute Gasteiger partial charge is 0.323 e. The highest BCUT2D eigenvalue weighted by Gasteiger charge is 2.25. The SMILES string of the molecule is CCC(C)(C)c1ncc(Cc2ccc(F)cc2)cc1NC(=O)CN1CCNC(C)C1. The van der Waals surface area contributed by atoms with Crippen LogP contribution in [0.1, 0.15) is 50.9 Å². The minimum Gasteiger partial charge on any atom is -0.323 e. The van der Waals surface area contributed by atoms with Crippen molar-refractivity contribution in [3.63, 3.8) is 0 Å². The van der Waals surface area contributed by atoms with Gasteiger partial charge < -0.3 is 10.6 Å². The van der Waals surface area contributed by atoms with E-state index in [1.807, 2.05) is 12.3 Å². The molecule has 1 unspecified atom stereocenters. The number of nitrogens with one attached hydrogen (secondary N) is 2. The van der Waals surface area contributed by atoms with Gasteiger partial charge >= 0.3 is 0 Å². The van der Waals surface area contributed by atoms with Crippen LogP contribution in [-0.4, -0.2) is 48.0 Å². The summed E-state index contributed by atoms with van der Waals surface area (Å²) >= 11 is 0. The van der Waals surface area contributed by atoms with Crippen LogP contribution < -0.4 is 10.6 Å². The zero-order chi connectivity index (χ0) is 21.7. The molecule has 6 heteroatoms. The van der Waals surface area contributed by atoms with Crippen molar-refractivity contribution in [3.05, 3.63) is 59.2 Å². The van der Waals surface area contributed by atoms with E-state index < -0.39 is 0 Å². The van der Waals surface area contributed by atoms with Gasteiger partial charge in [0.05, 0.1) is 17.9 Å². The van der Waals surface area contributed by atoms with Crippen LogP contribution in [0.2, 0.25) is 0 Å². The maximum atomic E-state index is 13.2. The summed E-state index contributed by atoms with van der Waals surface area (Å²) in [5.41, 5.74) is 3.52. The molecule has 2 aromatic rings. The smallest absolute Gasteiger partial charge is 0.238 e. The number of aromatic nitrogens is 1. The summed E-state index contributed by atoms with van der Waals surface area (Å²) in [6.45, 7) is 11.6. The first kappa shape index (κ1) is 22.4. The second kappa shape index (κ2) is 9.67. The van der Waals surface area contributed by atoms with Crippen LogP contribution in [-0.2, 0) is 16.6 Å². The Morgan fingerprint density at radius 2 is 2.03 bits per heavy atom. The Labute approximate surface area is 179 Å². The summed E-state index contributed by atoms with van der Waals surface area (Å²) in [7, 11) is 0. The van der Waals surface area contributed by atoms with Crippen LogP contribution in [0.25, 0.3) is 0 Å². The number of anilines is 1. The van der Waals surface area contributed by atoms with Crippen molar-refractivity contribution in [1.82, 2.24) is 15.2 Å². The molecule has 1 aliphatic heterocycles. The second-order valence-corrected chi connectivity index (χ2v) is 8.92. The van der Waals surface area contributed by atoms with Gasteiger partial charge in [0, 0.05) is 37.3 Å². The van der Waals surface area contributed by atoms with Gasteiger partial charge in [0.15, 0.2) is 0 Å². The van der Waals surface area contributed by atoms with E-state index in [2.05, 4.69) is 43.2 Å². The Hall–Kier alpha value is -2.31. The first-order valence-electron chi connectivity index (χ1n) is 10.8. The molecule has 1 saturated heterocycles. The van der Waals surface area contributed by atoms with E-state index in [1.165, 1.54) is 12.1 Å². The predicted octanol–water partition coefficient (Wildman–Crippen LogP) is 3.73. The van der Waals surface area contributed by atoms with Crippen molar-refractivity contribution < 1.29 is 9.18 Å². The van der Waals surface area contributed by atoms with Gasteiger partial charge in [-0.05, 0) is 49.1 Å². The van der Waals surface area contributed by atoms with Crippen molar-refractivity contribution in [2.75, 3.05) is 31.5 Å². The number of benzene rings is 1. The lowest BCUT2D eigenvalue weighted by atomic mass is 9.84. The summed E-state index contributed by atoms with van der Waals surface area (Å²) in [5.74, 6) is -0.259. The molecule has 2 N–H and O–H groups in total. The maximum absolute atomic E-state index is 13.2. The van der Waals surface area contributed by atoms with Crippen LogP contribution in [0.3, 0.4) is 0 Å². The van der Waals surface area contributed by atoms with Crippen molar-refractivity contribution in [2.24, 2.45) is 0 Å². The minimum atomic E-state index is -0.243. The number of nitrogens with zero attached hydrogens (tertiary/aromatic N) is 2. The average molecular weight is 413 g/mol. The number of halogens is 1. The van der Waals surface area contributed by atoms with Crippen LogP contribution in [0.5, 0.6) is 0 Å². The van der Waals surface area contributed by atoms with Crippen LogP contribution >= 0.6 is 0 Å². The topological polar surface area (TPSA) is 57.3 Å². The molecule has 1 atom stereocenters. The minimum absolute atomic E-state index is 0.0158. The van der Waals surface area contributed by atoms with E-state index in [0.717, 1.165) is 48.6 Å². The van der Waals surface area contributed by atoms with Gasteiger partial charge in [-0.15, -0.1) is 0 Å². The zero-order valence-corrected chi connectivity index (χ0v) is 18.5. The summed E-state index contributed by atoms with van der Waals surface area (Å²) in [6, 6.07) is 8.90. The molecule has 0 aliphatic carbocycles. The molecule has 30 heavy (non-hydrogen) atoms. The zero-order valence-electron chi connectivity index (χ0n) is 18.5. The summed E-state index contributed by atoms with van der Waals surface area (Å²) in [6.07, 6.45) is 3.41. The molecular weight excluding hydrogens is 379 g/mol. The normalized spacial score (nSPS) is 17.7. The Balaban J connectivity index is 1.79. The van der Waals surface area contributed by atoms with Crippen molar-refractivity contribution in [2.45, 2.75) is 52.0 Å². The van der Waals surface area contributed by atoms with Crippen molar-refractivity contribution in [1.29, 1.82) is 0 Å². The molecule has 0 saturated carbocycles. The summed E-state index contributed by atoms with van der Waals surface area (Å²) < 4.78 is 13.2. The van der Waals surface area contributed by atoms with Gasteiger partial charge in [-0.3, -0.25) is 14.7 Å². The fourth-order valence-electron chi connectivity index (χ4n) is 3.79. The number of hydrogen-bond donors (Lipinski definition) is 2. The van der Waals surface area contributed by atoms with E-state index >= 15 is 0 Å². The molecule has 1 aromatic heterocycles. The van der Waals surface area contributed by atoms with E-state index in [1.54, 1.807) is 12.1 Å². The molecule has 1 amide bonds. The van der Waals surface area contributed by atoms with Gasteiger partial charge in [-0.25, -0.2) is 4.39 Å². The monoisotopic (exact) mass is 412 g/mol. The molecule has 0 spiro atoms. The highest BCUT2D eigenvalue weighted by molar-refractivity contribution is 5.93. The van der Waals surface area contributed by atoms with E-state index in [0.29, 0.717) is 19.0 Å². The Morgan fingerprint density at radius 3 is 2.70 bits per heavy atom. The quantitative estimate of drug-likeness (QED) is 0.728. The lowest BCUT2D eigenvalue weighted by molar-refractivity contribution is -0.117. The third-order valence-corrected chi connectivity index (χ3v) is 5.88. The molecule has 1 aromatic carbocycles. The first-order chi connectivity index (χ1) is 14.3.